The summed E-state index contributed by atoms with van der Waals surface area (Å²) >= 11 is 5.68. The normalized spacial score (nSPS) is 21.1. The Morgan fingerprint density at radius 1 is 1.50 bits per heavy atom. The molecule has 0 aromatic heterocycles. The molecule has 7 heteroatoms. The van der Waals surface area contributed by atoms with E-state index < -0.39 is 15.8 Å². The van der Waals surface area contributed by atoms with Crippen molar-refractivity contribution in [2.75, 3.05) is 19.7 Å². The zero-order valence-corrected chi connectivity index (χ0v) is 12.8. The fraction of sp³-hybridized carbons (Fsp3) is 0.538. The van der Waals surface area contributed by atoms with E-state index in [0.717, 1.165) is 12.5 Å². The van der Waals surface area contributed by atoms with Crippen LogP contribution < -0.4 is 0 Å². The van der Waals surface area contributed by atoms with Gasteiger partial charge in [-0.2, -0.15) is 4.31 Å². The monoisotopic (exact) mass is 321 g/mol. The highest BCUT2D eigenvalue weighted by molar-refractivity contribution is 7.89. The van der Waals surface area contributed by atoms with Gasteiger partial charge in [-0.3, -0.25) is 0 Å². The molecule has 112 valence electrons. The molecule has 1 aliphatic rings. The standard InChI is InChI=1S/C13H17ClFNO3S/c1-2-11-9-16(5-6-19-11)20(17,18)13-7-10(8-14)3-4-12(13)15/h3-4,7,11H,2,5-6,8-9H2,1H3. The van der Waals surface area contributed by atoms with Crippen molar-refractivity contribution in [3.63, 3.8) is 0 Å². The van der Waals surface area contributed by atoms with Crippen LogP contribution in [-0.4, -0.2) is 38.5 Å². The number of hydrogen-bond acceptors (Lipinski definition) is 3. The van der Waals surface area contributed by atoms with Gasteiger partial charge < -0.3 is 4.74 Å². The number of hydrogen-bond donors (Lipinski definition) is 0. The first-order valence-corrected chi connectivity index (χ1v) is 8.42. The first-order valence-electron chi connectivity index (χ1n) is 6.45. The van der Waals surface area contributed by atoms with Crippen molar-refractivity contribution >= 4 is 21.6 Å². The lowest BCUT2D eigenvalue weighted by molar-refractivity contribution is -0.00283. The molecule has 0 radical (unpaired) electrons. The van der Waals surface area contributed by atoms with Crippen LogP contribution in [0.5, 0.6) is 0 Å². The van der Waals surface area contributed by atoms with Crippen molar-refractivity contribution < 1.29 is 17.5 Å². The summed E-state index contributed by atoms with van der Waals surface area (Å²) in [6, 6.07) is 3.92. The lowest BCUT2D eigenvalue weighted by atomic mass is 10.2. The van der Waals surface area contributed by atoms with Crippen molar-refractivity contribution in [1.29, 1.82) is 0 Å². The predicted octanol–water partition coefficient (Wildman–Crippen LogP) is 2.36. The van der Waals surface area contributed by atoms with Crippen molar-refractivity contribution in [2.45, 2.75) is 30.2 Å². The van der Waals surface area contributed by atoms with Crippen molar-refractivity contribution in [1.82, 2.24) is 4.31 Å². The highest BCUT2D eigenvalue weighted by atomic mass is 35.5. The summed E-state index contributed by atoms with van der Waals surface area (Å²) in [6.07, 6.45) is 0.578. The fourth-order valence-corrected chi connectivity index (χ4v) is 3.86. The number of halogens is 2. The molecule has 0 amide bonds. The van der Waals surface area contributed by atoms with Crippen LogP contribution in [0.1, 0.15) is 18.9 Å². The summed E-state index contributed by atoms with van der Waals surface area (Å²) in [5, 5.41) is 0. The lowest BCUT2D eigenvalue weighted by Gasteiger charge is -2.31. The van der Waals surface area contributed by atoms with Crippen LogP contribution in [0, 0.1) is 5.82 Å². The SMILES string of the molecule is CCC1CN(S(=O)(=O)c2cc(CCl)ccc2F)CCO1. The topological polar surface area (TPSA) is 46.6 Å². The van der Waals surface area contributed by atoms with Crippen molar-refractivity contribution in [3.8, 4) is 0 Å². The summed E-state index contributed by atoms with van der Waals surface area (Å²) < 4.78 is 45.6. The molecule has 0 bridgehead atoms. The maximum Gasteiger partial charge on any atom is 0.246 e. The van der Waals surface area contributed by atoms with E-state index in [1.165, 1.54) is 16.4 Å². The second-order valence-electron chi connectivity index (χ2n) is 4.66. The van der Waals surface area contributed by atoms with E-state index in [2.05, 4.69) is 0 Å². The molecule has 2 rings (SSSR count). The Bertz CT molecular complexity index is 579. The lowest BCUT2D eigenvalue weighted by Crippen LogP contribution is -2.45. The molecule has 0 spiro atoms. The number of ether oxygens (including phenoxy) is 1. The molecule has 1 saturated heterocycles. The van der Waals surface area contributed by atoms with E-state index in [4.69, 9.17) is 16.3 Å². The molecule has 1 aliphatic heterocycles. The Labute approximate surface area is 123 Å². The summed E-state index contributed by atoms with van der Waals surface area (Å²) in [5.74, 6) is -0.609. The quantitative estimate of drug-likeness (QED) is 0.800. The number of alkyl halides is 1. The van der Waals surface area contributed by atoms with Crippen molar-refractivity contribution in [3.05, 3.63) is 29.6 Å². The molecular formula is C13H17ClFNO3S. The molecule has 4 nitrogen and oxygen atoms in total. The van der Waals surface area contributed by atoms with Gasteiger partial charge in [-0.25, -0.2) is 12.8 Å². The van der Waals surface area contributed by atoms with E-state index >= 15 is 0 Å². The number of benzene rings is 1. The average molecular weight is 322 g/mol. The third-order valence-corrected chi connectivity index (χ3v) is 5.51. The minimum Gasteiger partial charge on any atom is -0.375 e. The van der Waals surface area contributed by atoms with E-state index in [9.17, 15) is 12.8 Å². The number of nitrogens with zero attached hydrogens (tertiary/aromatic N) is 1. The van der Waals surface area contributed by atoms with Gasteiger partial charge in [-0.05, 0) is 24.1 Å². The zero-order valence-electron chi connectivity index (χ0n) is 11.2. The van der Waals surface area contributed by atoms with Crippen LogP contribution in [0.25, 0.3) is 0 Å². The van der Waals surface area contributed by atoms with E-state index in [1.807, 2.05) is 6.92 Å². The van der Waals surface area contributed by atoms with Gasteiger partial charge in [0.05, 0.1) is 12.7 Å². The molecule has 0 aliphatic carbocycles. The maximum atomic E-state index is 13.9. The molecule has 0 saturated carbocycles. The second kappa shape index (κ2) is 6.39. The highest BCUT2D eigenvalue weighted by Gasteiger charge is 2.32. The van der Waals surface area contributed by atoms with Gasteiger partial charge in [0.25, 0.3) is 0 Å². The second-order valence-corrected chi connectivity index (χ2v) is 6.84. The van der Waals surface area contributed by atoms with E-state index in [-0.39, 0.29) is 30.0 Å². The van der Waals surface area contributed by atoms with Gasteiger partial charge >= 0.3 is 0 Å². The molecule has 1 heterocycles. The molecule has 1 aromatic rings. The van der Waals surface area contributed by atoms with Gasteiger partial charge in [0, 0.05) is 19.0 Å². The first-order chi connectivity index (χ1) is 9.48. The number of sulfonamides is 1. The van der Waals surface area contributed by atoms with Crippen LogP contribution >= 0.6 is 11.6 Å². The summed E-state index contributed by atoms with van der Waals surface area (Å²) in [7, 11) is -3.85. The Balaban J connectivity index is 2.34. The predicted molar refractivity (Wildman–Crippen MR) is 74.7 cm³/mol. The van der Waals surface area contributed by atoms with Crippen LogP contribution in [0.3, 0.4) is 0 Å². The summed E-state index contributed by atoms with van der Waals surface area (Å²) in [6.45, 7) is 2.75. The minimum absolute atomic E-state index is 0.141. The fourth-order valence-electron chi connectivity index (χ4n) is 2.13. The van der Waals surface area contributed by atoms with Crippen LogP contribution in [0.2, 0.25) is 0 Å². The van der Waals surface area contributed by atoms with Crippen LogP contribution in [0.4, 0.5) is 4.39 Å². The molecular weight excluding hydrogens is 305 g/mol. The molecule has 1 aromatic carbocycles. The molecule has 20 heavy (non-hydrogen) atoms. The van der Waals surface area contributed by atoms with Crippen LogP contribution in [0.15, 0.2) is 23.1 Å². The Morgan fingerprint density at radius 2 is 2.25 bits per heavy atom. The molecule has 1 atom stereocenters. The smallest absolute Gasteiger partial charge is 0.246 e. The maximum absolute atomic E-state index is 13.9. The highest BCUT2D eigenvalue weighted by Crippen LogP contribution is 2.23. The zero-order chi connectivity index (χ0) is 14.8. The van der Waals surface area contributed by atoms with Gasteiger partial charge in [0.2, 0.25) is 10.0 Å². The molecule has 0 N–H and O–H groups in total. The minimum atomic E-state index is -3.85. The van der Waals surface area contributed by atoms with E-state index in [1.54, 1.807) is 0 Å². The van der Waals surface area contributed by atoms with Crippen molar-refractivity contribution in [2.24, 2.45) is 0 Å². The van der Waals surface area contributed by atoms with E-state index in [0.29, 0.717) is 12.2 Å². The van der Waals surface area contributed by atoms with Gasteiger partial charge in [-0.1, -0.05) is 13.0 Å². The van der Waals surface area contributed by atoms with Gasteiger partial charge in [0.1, 0.15) is 10.7 Å². The third-order valence-electron chi connectivity index (χ3n) is 3.32. The van der Waals surface area contributed by atoms with Gasteiger partial charge in [0.15, 0.2) is 0 Å². The summed E-state index contributed by atoms with van der Waals surface area (Å²) in [4.78, 5) is -0.313. The average Bonchev–Trinajstić information content (AvgIpc) is 2.47. The molecule has 1 unspecified atom stereocenters. The Hall–Kier alpha value is -0.690. The Morgan fingerprint density at radius 3 is 2.90 bits per heavy atom. The largest absolute Gasteiger partial charge is 0.375 e. The molecule has 1 fully saturated rings. The Kier molecular flexibility index (Phi) is 5.01. The number of morpholine rings is 1. The first kappa shape index (κ1) is 15.7. The van der Waals surface area contributed by atoms with Gasteiger partial charge in [-0.15, -0.1) is 11.6 Å². The summed E-state index contributed by atoms with van der Waals surface area (Å²) in [5.41, 5.74) is 0.576. The van der Waals surface area contributed by atoms with Crippen LogP contribution in [-0.2, 0) is 20.6 Å². The number of rotatable bonds is 4. The third kappa shape index (κ3) is 3.14.